The van der Waals surface area contributed by atoms with Crippen LogP contribution in [0.1, 0.15) is 5.56 Å². The first kappa shape index (κ1) is 11.5. The number of aliphatic imine (C=N–C) groups is 1. The molecule has 0 atom stereocenters. The first-order valence-corrected chi connectivity index (χ1v) is 6.69. The van der Waals surface area contributed by atoms with Crippen LogP contribution in [0.3, 0.4) is 0 Å². The quantitative estimate of drug-likeness (QED) is 0.865. The van der Waals surface area contributed by atoms with E-state index in [1.54, 1.807) is 11.8 Å². The van der Waals surface area contributed by atoms with E-state index in [4.69, 9.17) is 0 Å². The summed E-state index contributed by atoms with van der Waals surface area (Å²) in [4.78, 5) is 6.75. The number of rotatable bonds is 3. The molecule has 0 saturated carbocycles. The third kappa shape index (κ3) is 3.25. The Kier molecular flexibility index (Phi) is 4.25. The largest absolute Gasteiger partial charge is 0.352 e. The second-order valence-corrected chi connectivity index (χ2v) is 4.57. The zero-order valence-electron chi connectivity index (χ0n) is 9.52. The third-order valence-corrected chi connectivity index (χ3v) is 3.28. The Labute approximate surface area is 101 Å². The van der Waals surface area contributed by atoms with Crippen LogP contribution in [0.15, 0.2) is 35.3 Å². The van der Waals surface area contributed by atoms with E-state index in [1.807, 2.05) is 6.26 Å². The number of hydrogen-bond acceptors (Lipinski definition) is 4. The maximum absolute atomic E-state index is 4.44. The summed E-state index contributed by atoms with van der Waals surface area (Å²) in [5.74, 6) is 0. The number of amidine groups is 1. The Morgan fingerprint density at radius 1 is 1.38 bits per heavy atom. The topological polar surface area (TPSA) is 27.6 Å². The minimum atomic E-state index is 0.815. The molecule has 86 valence electrons. The minimum absolute atomic E-state index is 0.815. The van der Waals surface area contributed by atoms with Crippen LogP contribution in [0.4, 0.5) is 0 Å². The molecule has 1 aliphatic heterocycles. The molecule has 1 N–H and O–H groups in total. The van der Waals surface area contributed by atoms with Crippen LogP contribution in [0.25, 0.3) is 0 Å². The average Bonchev–Trinajstić information content (AvgIpc) is 2.38. The van der Waals surface area contributed by atoms with Crippen molar-refractivity contribution in [3.05, 3.63) is 35.9 Å². The molecule has 1 aliphatic rings. The Morgan fingerprint density at radius 2 is 2.19 bits per heavy atom. The second-order valence-electron chi connectivity index (χ2n) is 3.77. The summed E-state index contributed by atoms with van der Waals surface area (Å²) in [6.45, 7) is 2.78. The standard InChI is InChI=1S/C12H17N3S/c1-16-12-13-9-15(10-14-12)8-7-11-5-3-2-4-6-11/h2-6H,7-10H2,1H3,(H,13,14). The fourth-order valence-electron chi connectivity index (χ4n) is 1.67. The molecule has 2 rings (SSSR count). The van der Waals surface area contributed by atoms with Gasteiger partial charge in [0.25, 0.3) is 0 Å². The SMILES string of the molecule is CSC1=NCN(CCc2ccccc2)CN1. The van der Waals surface area contributed by atoms with Crippen molar-refractivity contribution in [2.75, 3.05) is 26.1 Å². The van der Waals surface area contributed by atoms with Crippen molar-refractivity contribution in [1.29, 1.82) is 0 Å². The second kappa shape index (κ2) is 5.92. The number of benzene rings is 1. The third-order valence-electron chi connectivity index (χ3n) is 2.62. The summed E-state index contributed by atoms with van der Waals surface area (Å²) in [7, 11) is 0. The Bertz CT molecular complexity index is 351. The van der Waals surface area contributed by atoms with Gasteiger partial charge in [-0.05, 0) is 18.2 Å². The van der Waals surface area contributed by atoms with Gasteiger partial charge >= 0.3 is 0 Å². The van der Waals surface area contributed by atoms with Crippen molar-refractivity contribution < 1.29 is 0 Å². The Hall–Kier alpha value is -1.00. The molecule has 1 aromatic carbocycles. The van der Waals surface area contributed by atoms with Gasteiger partial charge in [-0.1, -0.05) is 42.1 Å². The maximum Gasteiger partial charge on any atom is 0.158 e. The summed E-state index contributed by atoms with van der Waals surface area (Å²) >= 11 is 1.67. The molecule has 0 aliphatic carbocycles. The minimum Gasteiger partial charge on any atom is -0.352 e. The van der Waals surface area contributed by atoms with Crippen LogP contribution in [0.5, 0.6) is 0 Å². The first-order valence-electron chi connectivity index (χ1n) is 5.47. The normalized spacial score (nSPS) is 16.7. The van der Waals surface area contributed by atoms with Gasteiger partial charge in [-0.25, -0.2) is 4.99 Å². The van der Waals surface area contributed by atoms with Gasteiger partial charge in [0.15, 0.2) is 5.17 Å². The van der Waals surface area contributed by atoms with Gasteiger partial charge in [-0.3, -0.25) is 4.90 Å². The first-order chi connectivity index (χ1) is 7.88. The fraction of sp³-hybridized carbons (Fsp3) is 0.417. The highest BCUT2D eigenvalue weighted by Gasteiger charge is 2.10. The molecule has 0 bridgehead atoms. The van der Waals surface area contributed by atoms with Gasteiger partial charge in [0.2, 0.25) is 0 Å². The molecule has 1 aromatic rings. The zero-order valence-corrected chi connectivity index (χ0v) is 10.3. The molecule has 0 amide bonds. The van der Waals surface area contributed by atoms with Gasteiger partial charge in [0, 0.05) is 6.54 Å². The van der Waals surface area contributed by atoms with Crippen LogP contribution >= 0.6 is 11.8 Å². The molecule has 0 radical (unpaired) electrons. The summed E-state index contributed by atoms with van der Waals surface area (Å²) in [6, 6.07) is 10.6. The Morgan fingerprint density at radius 3 is 2.81 bits per heavy atom. The highest BCUT2D eigenvalue weighted by atomic mass is 32.2. The smallest absolute Gasteiger partial charge is 0.158 e. The van der Waals surface area contributed by atoms with Crippen LogP contribution < -0.4 is 5.32 Å². The summed E-state index contributed by atoms with van der Waals surface area (Å²) in [5.41, 5.74) is 1.39. The number of nitrogens with one attached hydrogen (secondary N) is 1. The lowest BCUT2D eigenvalue weighted by Gasteiger charge is -2.25. The summed E-state index contributed by atoms with van der Waals surface area (Å²) < 4.78 is 0. The van der Waals surface area contributed by atoms with E-state index in [0.29, 0.717) is 0 Å². The molecule has 0 fully saturated rings. The van der Waals surface area contributed by atoms with E-state index in [2.05, 4.69) is 45.5 Å². The van der Waals surface area contributed by atoms with E-state index in [-0.39, 0.29) is 0 Å². The van der Waals surface area contributed by atoms with Crippen LogP contribution in [0.2, 0.25) is 0 Å². The lowest BCUT2D eigenvalue weighted by molar-refractivity contribution is 0.270. The highest BCUT2D eigenvalue weighted by molar-refractivity contribution is 8.13. The molecule has 0 spiro atoms. The molecular weight excluding hydrogens is 218 g/mol. The van der Waals surface area contributed by atoms with E-state index in [1.165, 1.54) is 5.56 Å². The predicted molar refractivity (Wildman–Crippen MR) is 70.7 cm³/mol. The van der Waals surface area contributed by atoms with Crippen molar-refractivity contribution >= 4 is 16.9 Å². The molecule has 3 nitrogen and oxygen atoms in total. The number of hydrogen-bond donors (Lipinski definition) is 1. The molecule has 0 saturated heterocycles. The molecule has 1 heterocycles. The average molecular weight is 235 g/mol. The van der Waals surface area contributed by atoms with E-state index < -0.39 is 0 Å². The van der Waals surface area contributed by atoms with Gasteiger partial charge in [-0.2, -0.15) is 0 Å². The lowest BCUT2D eigenvalue weighted by atomic mass is 10.1. The lowest BCUT2D eigenvalue weighted by Crippen LogP contribution is -2.42. The highest BCUT2D eigenvalue weighted by Crippen LogP contribution is 2.05. The van der Waals surface area contributed by atoms with Gasteiger partial charge < -0.3 is 5.32 Å². The fourth-order valence-corrected chi connectivity index (χ4v) is 2.06. The van der Waals surface area contributed by atoms with Crippen LogP contribution in [0, 0.1) is 0 Å². The van der Waals surface area contributed by atoms with Crippen molar-refractivity contribution in [3.63, 3.8) is 0 Å². The molecule has 0 unspecified atom stereocenters. The zero-order chi connectivity index (χ0) is 11.2. The van der Waals surface area contributed by atoms with Crippen molar-refractivity contribution in [1.82, 2.24) is 10.2 Å². The van der Waals surface area contributed by atoms with Gasteiger partial charge in [0.05, 0.1) is 13.3 Å². The maximum atomic E-state index is 4.44. The molecular formula is C12H17N3S. The summed E-state index contributed by atoms with van der Waals surface area (Å²) in [6.07, 6.45) is 3.14. The van der Waals surface area contributed by atoms with Crippen molar-refractivity contribution in [2.45, 2.75) is 6.42 Å². The monoisotopic (exact) mass is 235 g/mol. The Balaban J connectivity index is 1.78. The van der Waals surface area contributed by atoms with Crippen LogP contribution in [-0.4, -0.2) is 36.2 Å². The van der Waals surface area contributed by atoms with Crippen molar-refractivity contribution in [3.8, 4) is 0 Å². The van der Waals surface area contributed by atoms with E-state index in [0.717, 1.165) is 31.5 Å². The summed E-state index contributed by atoms with van der Waals surface area (Å²) in [5, 5.41) is 4.35. The van der Waals surface area contributed by atoms with Gasteiger partial charge in [0.1, 0.15) is 0 Å². The van der Waals surface area contributed by atoms with E-state index in [9.17, 15) is 0 Å². The predicted octanol–water partition coefficient (Wildman–Crippen LogP) is 1.77. The molecule has 16 heavy (non-hydrogen) atoms. The molecule has 4 heteroatoms. The van der Waals surface area contributed by atoms with E-state index >= 15 is 0 Å². The van der Waals surface area contributed by atoms with Crippen LogP contribution in [-0.2, 0) is 6.42 Å². The number of nitrogens with zero attached hydrogens (tertiary/aromatic N) is 2. The van der Waals surface area contributed by atoms with Crippen molar-refractivity contribution in [2.24, 2.45) is 4.99 Å². The molecule has 0 aromatic heterocycles. The number of thioether (sulfide) groups is 1. The van der Waals surface area contributed by atoms with Gasteiger partial charge in [-0.15, -0.1) is 0 Å².